The summed E-state index contributed by atoms with van der Waals surface area (Å²) in [6, 6.07) is 12.3. The first kappa shape index (κ1) is 87.7. The van der Waals surface area contributed by atoms with Crippen LogP contribution in [-0.2, 0) is 137 Å². The van der Waals surface area contributed by atoms with Gasteiger partial charge in [-0.25, -0.2) is 42.5 Å². The van der Waals surface area contributed by atoms with Crippen molar-refractivity contribution in [2.45, 2.75) is 221 Å². The number of likely N-dealkylation sites (N-methyl/N-ethyl adjacent to an activating group) is 3. The van der Waals surface area contributed by atoms with Crippen molar-refractivity contribution in [1.29, 1.82) is 0 Å². The van der Waals surface area contributed by atoms with Gasteiger partial charge in [-0.15, -0.1) is 0 Å². The summed E-state index contributed by atoms with van der Waals surface area (Å²) in [6.45, 7) is 16.7. The van der Waals surface area contributed by atoms with Gasteiger partial charge in [-0.3, -0.25) is 18.7 Å². The van der Waals surface area contributed by atoms with Gasteiger partial charge in [0.15, 0.2) is 20.1 Å². The summed E-state index contributed by atoms with van der Waals surface area (Å²) in [7, 11) is -6.76. The van der Waals surface area contributed by atoms with Gasteiger partial charge < -0.3 is 41.7 Å². The Kier molecular flexibility index (Phi) is 27.7. The minimum absolute atomic E-state index is 0.0718. The van der Waals surface area contributed by atoms with Crippen molar-refractivity contribution in [2.75, 3.05) is 89.2 Å². The maximum absolute atomic E-state index is 14.0. The molecule has 0 saturated carbocycles. The van der Waals surface area contributed by atoms with E-state index in [1.165, 1.54) is 73.1 Å². The number of urea groups is 4. The highest BCUT2D eigenvalue weighted by atomic mass is 32.2. The number of carbonyl (C=O) groups is 4. The van der Waals surface area contributed by atoms with Gasteiger partial charge in [0.25, 0.3) is 40.1 Å². The van der Waals surface area contributed by atoms with Crippen molar-refractivity contribution in [2.24, 2.45) is 0 Å². The molecule has 1 aliphatic heterocycles. The number of anilines is 4. The van der Waals surface area contributed by atoms with Crippen molar-refractivity contribution < 1.29 is 57.2 Å². The summed E-state index contributed by atoms with van der Waals surface area (Å²) in [6.07, 6.45) is 22.8. The van der Waals surface area contributed by atoms with Crippen LogP contribution >= 0.6 is 0 Å². The van der Waals surface area contributed by atoms with E-state index in [0.717, 1.165) is 191 Å². The fraction of sp³-hybridized carbons (Fsp3) is 0.506. The number of rotatable bonds is 25. The summed E-state index contributed by atoms with van der Waals surface area (Å²) < 4.78 is 130. The summed E-state index contributed by atoms with van der Waals surface area (Å²) >= 11 is 0. The molecule has 6 aliphatic carbocycles. The highest BCUT2D eigenvalue weighted by Crippen LogP contribution is 2.42. The number of nitrogens with zero attached hydrogens (tertiary/aromatic N) is 10. The van der Waals surface area contributed by atoms with Gasteiger partial charge >= 0.3 is 24.1 Å². The molecule has 0 bridgehead atoms. The zero-order chi connectivity index (χ0) is 84.7. The molecule has 0 unspecified atom stereocenters. The molecular weight excluding hydrogens is 1590 g/mol. The van der Waals surface area contributed by atoms with Crippen LogP contribution in [0.3, 0.4) is 0 Å². The lowest BCUT2D eigenvalue weighted by Crippen LogP contribution is -2.43. The van der Waals surface area contributed by atoms with Crippen LogP contribution in [-0.4, -0.2) is 175 Å². The van der Waals surface area contributed by atoms with E-state index in [4.69, 9.17) is 0 Å². The van der Waals surface area contributed by atoms with Crippen LogP contribution in [0, 0.1) is 5.82 Å². The van der Waals surface area contributed by atoms with Crippen molar-refractivity contribution in [3.63, 3.8) is 0 Å². The highest BCUT2D eigenvalue weighted by molar-refractivity contribution is 7.90. The first-order valence-corrected chi connectivity index (χ1v) is 46.5. The molecule has 8 amide bonds. The number of nitrogens with one attached hydrogen (secondary N) is 10. The topological polar surface area (TPSA) is 403 Å². The third-order valence-electron chi connectivity index (χ3n) is 22.2. The Labute approximate surface area is 691 Å². The Morgan fingerprint density at radius 3 is 1.11 bits per heavy atom. The van der Waals surface area contributed by atoms with E-state index < -0.39 is 70.0 Å². The Balaban J connectivity index is 0.000000145. The van der Waals surface area contributed by atoms with E-state index in [1.54, 1.807) is 34.0 Å². The quantitative estimate of drug-likeness (QED) is 0.0254. The molecule has 8 aromatic rings. The molecule has 32 nitrogen and oxygen atoms in total. The predicted molar refractivity (Wildman–Crippen MR) is 449 cm³/mol. The summed E-state index contributed by atoms with van der Waals surface area (Å²) in [5.74, 6) is -0.434. The van der Waals surface area contributed by atoms with Gasteiger partial charge in [0, 0.05) is 85.8 Å². The van der Waals surface area contributed by atoms with E-state index in [0.29, 0.717) is 49.5 Å². The smallest absolute Gasteiger partial charge is 0.318 e. The van der Waals surface area contributed by atoms with Crippen molar-refractivity contribution in [1.82, 2.24) is 78.4 Å². The van der Waals surface area contributed by atoms with Crippen LogP contribution in [0.5, 0.6) is 0 Å². The average Bonchev–Trinajstić information content (AvgIpc) is 1.63. The first-order chi connectivity index (χ1) is 56.0. The minimum Gasteiger partial charge on any atom is -0.318 e. The average molecular weight is 1700 g/mol. The number of benzene rings is 4. The minimum atomic E-state index is -4.15. The number of amides is 8. The second-order valence-corrected chi connectivity index (χ2v) is 39.0. The van der Waals surface area contributed by atoms with Gasteiger partial charge in [0.05, 0.1) is 25.7 Å². The Morgan fingerprint density at radius 2 is 0.771 bits per heavy atom. The second kappa shape index (κ2) is 37.3. The number of hydrogen-bond acceptors (Lipinski definition) is 20. The zero-order valence-corrected chi connectivity index (χ0v) is 72.3. The van der Waals surface area contributed by atoms with Gasteiger partial charge in [-0.2, -0.15) is 54.1 Å². The summed E-state index contributed by atoms with van der Waals surface area (Å²) in [4.78, 5) is 54.4. The van der Waals surface area contributed by atoms with Crippen LogP contribution in [0.2, 0.25) is 0 Å². The molecule has 10 N–H and O–H groups in total. The van der Waals surface area contributed by atoms with E-state index >= 15 is 0 Å². The standard InChI is InChI=1S/C23H33N5O3S.C20H30FN5O3S.C19H23N5O3S.C19H25N5O3S/c1-15(2)20-14-21(25-28(20)12-11-27(3)4)32(30,31)26-23(29)24-22-18-9-5-7-16(18)13-17-8-6-10-19(17)22;1-13(2)16-11-15(21)12-17(14(3)4)19(16)22-20(27)24-30(28,29)18-7-8-26(23-18)10-9-25(5)6;25-19(23-28(26,27)17-7-8-24(22-17)14-10-20-11-14)21-18-15-5-1-3-12(15)9-13-4-2-6-16(13)18;1-20-9-11-24-10-8-17(22-24)28(26,27)23-19(25)21-18-15-6-2-4-13(15)12-14-5-3-7-16(14)18/h13-15H,5-12H2,1-4H3,(H2,24,26,29);7-8,11-14H,9-10H2,1-6H3,(H2,22,24,27);7-9,14,20H,1-6,10-11H2,(H2,21,23,25);8,10,12,20H,2-7,9,11H2,1H3,(H2,21,23,25). The molecule has 0 radical (unpaired) electrons. The monoisotopic (exact) mass is 1700 g/mol. The van der Waals surface area contributed by atoms with Crippen molar-refractivity contribution in [3.8, 4) is 0 Å². The maximum atomic E-state index is 14.0. The first-order valence-electron chi connectivity index (χ1n) is 40.6. The lowest BCUT2D eigenvalue weighted by Gasteiger charge is -2.27. The lowest BCUT2D eigenvalue weighted by atomic mass is 9.92. The number of halogens is 1. The molecule has 0 atom stereocenters. The van der Waals surface area contributed by atoms with E-state index in [9.17, 15) is 57.2 Å². The number of aryl methyl sites for hydroxylation is 6. The Hall–Kier alpha value is -9.63. The molecule has 4 aromatic heterocycles. The largest absolute Gasteiger partial charge is 0.333 e. The number of sulfonamides is 4. The zero-order valence-electron chi connectivity index (χ0n) is 69.0. The molecular formula is C81H111FN20O12S4. The Morgan fingerprint density at radius 1 is 0.432 bits per heavy atom. The van der Waals surface area contributed by atoms with Gasteiger partial charge in [0.1, 0.15) is 5.82 Å². The molecule has 4 aromatic carbocycles. The maximum Gasteiger partial charge on any atom is 0.333 e. The third-order valence-corrected chi connectivity index (χ3v) is 27.1. The predicted octanol–water partition coefficient (Wildman–Crippen LogP) is 9.50. The fourth-order valence-electron chi connectivity index (χ4n) is 16.2. The number of fused-ring (bicyclic) bond motifs is 6. The molecule has 37 heteroatoms. The van der Waals surface area contributed by atoms with Crippen LogP contribution < -0.4 is 50.8 Å². The number of aromatic nitrogens is 8. The Bertz CT molecular complexity index is 5430. The fourth-order valence-corrected chi connectivity index (χ4v) is 19.6. The van der Waals surface area contributed by atoms with Crippen LogP contribution in [0.25, 0.3) is 0 Å². The molecule has 1 saturated heterocycles. The van der Waals surface area contributed by atoms with Crippen molar-refractivity contribution in [3.05, 3.63) is 163 Å². The number of carbonyl (C=O) groups excluding carboxylic acids is 4. The number of hydrogen-bond donors (Lipinski definition) is 10. The third kappa shape index (κ3) is 21.0. The second-order valence-electron chi connectivity index (χ2n) is 32.5. The van der Waals surface area contributed by atoms with Crippen LogP contribution in [0.1, 0.15) is 187 Å². The van der Waals surface area contributed by atoms with Gasteiger partial charge in [-0.1, -0.05) is 59.7 Å². The van der Waals surface area contributed by atoms with Crippen LogP contribution in [0.15, 0.2) is 93.3 Å². The molecule has 7 aliphatic rings. The van der Waals surface area contributed by atoms with Gasteiger partial charge in [-0.05, 0) is 277 Å². The molecule has 118 heavy (non-hydrogen) atoms. The van der Waals surface area contributed by atoms with Gasteiger partial charge in [0.2, 0.25) is 0 Å². The normalized spacial score (nSPS) is 15.2. The van der Waals surface area contributed by atoms with E-state index in [1.807, 2.05) is 91.3 Å². The van der Waals surface area contributed by atoms with E-state index in [2.05, 4.69) is 84.7 Å². The molecule has 15 rings (SSSR count). The lowest BCUT2D eigenvalue weighted by molar-refractivity contribution is 0.255. The highest BCUT2D eigenvalue weighted by Gasteiger charge is 2.34. The SMILES string of the molecule is CC(C)c1cc(F)cc(C(C)C)c1NC(=O)NS(=O)(=O)c1ccn(CCN(C)C)n1.CC(C)c1cc(S(=O)(=O)NC(=O)Nc2c3c(cc4c2CCC4)CCC3)nn1CCN(C)C.CNCCn1ccc(S(=O)(=O)NC(=O)Nc2c3c(cc4c2CCC4)CCC3)n1.O=C(Nc1c2c(cc3c1CCC3)CCC2)NS(=O)(=O)c1ccn(C2CNC2)n1. The van der Waals surface area contributed by atoms with Crippen LogP contribution in [0.4, 0.5) is 46.3 Å². The molecule has 1 fully saturated rings. The summed E-state index contributed by atoms with van der Waals surface area (Å²) in [5.41, 5.74) is 19.5. The van der Waals surface area contributed by atoms with Crippen molar-refractivity contribution >= 4 is 87.0 Å². The summed E-state index contributed by atoms with van der Waals surface area (Å²) in [5, 5.41) is 33.1. The molecule has 5 heterocycles. The molecule has 638 valence electrons. The molecule has 0 spiro atoms. The van der Waals surface area contributed by atoms with E-state index in [-0.39, 0.29) is 43.9 Å².